The molecule has 13 heavy (non-hydrogen) atoms. The van der Waals surface area contributed by atoms with Gasteiger partial charge in [-0.05, 0) is 19.1 Å². The fourth-order valence-electron chi connectivity index (χ4n) is 0.971. The van der Waals surface area contributed by atoms with Gasteiger partial charge in [-0.2, -0.15) is 0 Å². The SMILES string of the molecule is C#CCC(C)Nc1ccc(N)cn1. The molecule has 0 bridgehead atoms. The third-order valence-corrected chi connectivity index (χ3v) is 1.60. The smallest absolute Gasteiger partial charge is 0.126 e. The number of hydrogen-bond acceptors (Lipinski definition) is 3. The van der Waals surface area contributed by atoms with Crippen molar-refractivity contribution in [3.8, 4) is 12.3 Å². The molecule has 1 aromatic heterocycles. The summed E-state index contributed by atoms with van der Waals surface area (Å²) in [7, 11) is 0. The Morgan fingerprint density at radius 1 is 1.69 bits per heavy atom. The van der Waals surface area contributed by atoms with E-state index in [2.05, 4.69) is 16.2 Å². The lowest BCUT2D eigenvalue weighted by molar-refractivity contribution is 0.822. The fourth-order valence-corrected chi connectivity index (χ4v) is 0.971. The van der Waals surface area contributed by atoms with Crippen LogP contribution in [-0.2, 0) is 0 Å². The second-order valence-electron chi connectivity index (χ2n) is 2.93. The topological polar surface area (TPSA) is 50.9 Å². The van der Waals surface area contributed by atoms with Crippen LogP contribution in [0.2, 0.25) is 0 Å². The lowest BCUT2D eigenvalue weighted by Gasteiger charge is -2.10. The number of nitrogens with one attached hydrogen (secondary N) is 1. The van der Waals surface area contributed by atoms with Gasteiger partial charge in [0.2, 0.25) is 0 Å². The normalized spacial score (nSPS) is 11.7. The summed E-state index contributed by atoms with van der Waals surface area (Å²) < 4.78 is 0. The molecule has 1 aromatic rings. The van der Waals surface area contributed by atoms with Gasteiger partial charge in [-0.25, -0.2) is 4.98 Å². The van der Waals surface area contributed by atoms with Crippen molar-refractivity contribution >= 4 is 11.5 Å². The Bertz CT molecular complexity index is 297. The van der Waals surface area contributed by atoms with E-state index < -0.39 is 0 Å². The van der Waals surface area contributed by atoms with Crippen LogP contribution in [0.3, 0.4) is 0 Å². The van der Waals surface area contributed by atoms with Crippen molar-refractivity contribution in [2.24, 2.45) is 0 Å². The maximum Gasteiger partial charge on any atom is 0.126 e. The van der Waals surface area contributed by atoms with E-state index in [-0.39, 0.29) is 6.04 Å². The first-order valence-electron chi connectivity index (χ1n) is 4.14. The number of aromatic nitrogens is 1. The van der Waals surface area contributed by atoms with Gasteiger partial charge >= 0.3 is 0 Å². The number of pyridine rings is 1. The summed E-state index contributed by atoms with van der Waals surface area (Å²) in [5.74, 6) is 3.39. The minimum atomic E-state index is 0.237. The number of nitrogens with zero attached hydrogens (tertiary/aromatic N) is 1. The Labute approximate surface area is 78.4 Å². The van der Waals surface area contributed by atoms with Crippen LogP contribution in [0.4, 0.5) is 11.5 Å². The Kier molecular flexibility index (Phi) is 3.15. The molecule has 68 valence electrons. The van der Waals surface area contributed by atoms with Crippen molar-refractivity contribution in [3.63, 3.8) is 0 Å². The van der Waals surface area contributed by atoms with Crippen LogP contribution in [0.25, 0.3) is 0 Å². The van der Waals surface area contributed by atoms with E-state index in [4.69, 9.17) is 12.2 Å². The number of rotatable bonds is 3. The predicted octanol–water partition coefficient (Wildman–Crippen LogP) is 1.49. The second-order valence-corrected chi connectivity index (χ2v) is 2.93. The largest absolute Gasteiger partial charge is 0.397 e. The molecule has 3 heteroatoms. The van der Waals surface area contributed by atoms with E-state index in [0.29, 0.717) is 12.1 Å². The molecule has 1 atom stereocenters. The number of nitrogens with two attached hydrogens (primary N) is 1. The van der Waals surface area contributed by atoms with Gasteiger partial charge in [-0.15, -0.1) is 12.3 Å². The van der Waals surface area contributed by atoms with Gasteiger partial charge < -0.3 is 11.1 Å². The molecule has 0 saturated carbocycles. The molecule has 1 rings (SSSR count). The molecule has 0 spiro atoms. The number of terminal acetylenes is 1. The summed E-state index contributed by atoms with van der Waals surface area (Å²) in [6.45, 7) is 2.01. The van der Waals surface area contributed by atoms with Gasteiger partial charge in [-0.1, -0.05) is 0 Å². The van der Waals surface area contributed by atoms with Crippen LogP contribution in [0.1, 0.15) is 13.3 Å². The molecule has 1 heterocycles. The van der Waals surface area contributed by atoms with Crippen LogP contribution in [0.5, 0.6) is 0 Å². The molecular formula is C10H13N3. The summed E-state index contributed by atoms with van der Waals surface area (Å²) in [5.41, 5.74) is 6.16. The highest BCUT2D eigenvalue weighted by atomic mass is 15.0. The summed E-state index contributed by atoms with van der Waals surface area (Å²) in [6.07, 6.45) is 7.48. The van der Waals surface area contributed by atoms with E-state index in [1.54, 1.807) is 12.3 Å². The van der Waals surface area contributed by atoms with Gasteiger partial charge in [0.1, 0.15) is 5.82 Å². The Morgan fingerprint density at radius 3 is 3.00 bits per heavy atom. The number of nitrogen functional groups attached to an aromatic ring is 1. The number of hydrogen-bond donors (Lipinski definition) is 2. The van der Waals surface area contributed by atoms with E-state index in [0.717, 1.165) is 5.82 Å². The average Bonchev–Trinajstić information content (AvgIpc) is 2.09. The molecule has 0 aliphatic rings. The first-order chi connectivity index (χ1) is 6.22. The van der Waals surface area contributed by atoms with Gasteiger partial charge in [0.15, 0.2) is 0 Å². The molecule has 0 aromatic carbocycles. The summed E-state index contributed by atoms with van der Waals surface area (Å²) in [5, 5.41) is 3.16. The van der Waals surface area contributed by atoms with Crippen molar-refractivity contribution in [2.45, 2.75) is 19.4 Å². The third-order valence-electron chi connectivity index (χ3n) is 1.60. The minimum absolute atomic E-state index is 0.237. The number of anilines is 2. The van der Waals surface area contributed by atoms with Gasteiger partial charge in [-0.3, -0.25) is 0 Å². The van der Waals surface area contributed by atoms with Crippen LogP contribution >= 0.6 is 0 Å². The molecular weight excluding hydrogens is 162 g/mol. The molecule has 0 amide bonds. The van der Waals surface area contributed by atoms with E-state index in [9.17, 15) is 0 Å². The van der Waals surface area contributed by atoms with Crippen molar-refractivity contribution in [1.29, 1.82) is 0 Å². The lowest BCUT2D eigenvalue weighted by Crippen LogP contribution is -2.14. The summed E-state index contributed by atoms with van der Waals surface area (Å²) in [6, 6.07) is 3.88. The quantitative estimate of drug-likeness (QED) is 0.684. The molecule has 0 fully saturated rings. The third kappa shape index (κ3) is 3.04. The maximum absolute atomic E-state index is 5.49. The monoisotopic (exact) mass is 175 g/mol. The van der Waals surface area contributed by atoms with Gasteiger partial charge in [0, 0.05) is 12.5 Å². The Hall–Kier alpha value is -1.69. The van der Waals surface area contributed by atoms with Crippen LogP contribution in [0.15, 0.2) is 18.3 Å². The van der Waals surface area contributed by atoms with Gasteiger partial charge in [0.05, 0.1) is 11.9 Å². The average molecular weight is 175 g/mol. The van der Waals surface area contributed by atoms with Crippen LogP contribution in [-0.4, -0.2) is 11.0 Å². The lowest BCUT2D eigenvalue weighted by atomic mass is 10.2. The van der Waals surface area contributed by atoms with Crippen molar-refractivity contribution in [3.05, 3.63) is 18.3 Å². The second kappa shape index (κ2) is 4.36. The van der Waals surface area contributed by atoms with E-state index in [1.165, 1.54) is 0 Å². The van der Waals surface area contributed by atoms with E-state index >= 15 is 0 Å². The van der Waals surface area contributed by atoms with Crippen LogP contribution in [0, 0.1) is 12.3 Å². The highest BCUT2D eigenvalue weighted by Gasteiger charge is 1.99. The first kappa shape index (κ1) is 9.40. The van der Waals surface area contributed by atoms with E-state index in [1.807, 2.05) is 13.0 Å². The minimum Gasteiger partial charge on any atom is -0.397 e. The molecule has 0 aliphatic heterocycles. The molecule has 0 saturated heterocycles. The van der Waals surface area contributed by atoms with Crippen molar-refractivity contribution in [1.82, 2.24) is 4.98 Å². The zero-order valence-corrected chi connectivity index (χ0v) is 7.62. The molecule has 0 radical (unpaired) electrons. The molecule has 1 unspecified atom stereocenters. The molecule has 3 nitrogen and oxygen atoms in total. The zero-order chi connectivity index (χ0) is 9.68. The highest BCUT2D eigenvalue weighted by Crippen LogP contribution is 2.07. The maximum atomic E-state index is 5.49. The Morgan fingerprint density at radius 2 is 2.46 bits per heavy atom. The predicted molar refractivity (Wildman–Crippen MR) is 55.2 cm³/mol. The highest BCUT2D eigenvalue weighted by molar-refractivity contribution is 5.44. The summed E-state index contributed by atoms with van der Waals surface area (Å²) in [4.78, 5) is 4.10. The van der Waals surface area contributed by atoms with Crippen molar-refractivity contribution in [2.75, 3.05) is 11.1 Å². The fraction of sp³-hybridized carbons (Fsp3) is 0.300. The van der Waals surface area contributed by atoms with Crippen LogP contribution < -0.4 is 11.1 Å². The summed E-state index contributed by atoms with van der Waals surface area (Å²) >= 11 is 0. The molecule has 3 N–H and O–H groups in total. The standard InChI is InChI=1S/C10H13N3/c1-3-4-8(2)13-10-6-5-9(11)7-12-10/h1,5-8H,4,11H2,2H3,(H,12,13). The molecule has 0 aliphatic carbocycles. The first-order valence-corrected chi connectivity index (χ1v) is 4.14. The van der Waals surface area contributed by atoms with Gasteiger partial charge in [0.25, 0.3) is 0 Å². The van der Waals surface area contributed by atoms with Crippen molar-refractivity contribution < 1.29 is 0 Å². The Balaban J connectivity index is 2.55. The zero-order valence-electron chi connectivity index (χ0n) is 7.62.